The minimum atomic E-state index is -4.70. The van der Waals surface area contributed by atoms with Crippen LogP contribution in [0.25, 0.3) is 0 Å². The molecule has 2 saturated heterocycles. The number of hydrogen-bond acceptors (Lipinski definition) is 12. The second kappa shape index (κ2) is 27.4. The standard InChI is InChI=1S/C60H69F6N9O8/c1-41-12-16-45(17-13-41)53-51(55(78)82-36-34-76)42(2)74(49-10-4-8-47(38-49)59(61,62)63)57(80)72(53)22-6-20-68-24-28-70(29-25-68)32-33-71-30-26-69(27-31-71)21-7-23-73-54(46-18-14-44(40-67)15-19-46)52(56(79)83-37-35-77)43(3)75(58(73)81)50-11-5-9-48(39-50)60(64,65)66/h4-5,8-19,38-39,53-54,76-77H,6-7,20-37H2,1-3H3/p+1. The van der Waals surface area contributed by atoms with Crippen molar-refractivity contribution in [3.63, 3.8) is 0 Å². The highest BCUT2D eigenvalue weighted by atomic mass is 19.4. The maximum atomic E-state index is 14.7. The van der Waals surface area contributed by atoms with Crippen LogP contribution in [0.5, 0.6) is 0 Å². The summed E-state index contributed by atoms with van der Waals surface area (Å²) in [5.74, 6) is -1.61. The number of allylic oxidation sites excluding steroid dienone is 2. The zero-order valence-electron chi connectivity index (χ0n) is 46.7. The molecule has 2 unspecified atom stereocenters. The van der Waals surface area contributed by atoms with Crippen LogP contribution in [-0.2, 0) is 31.4 Å². The molecular formula is C60H70F6N9O8+. The van der Waals surface area contributed by atoms with E-state index in [9.17, 15) is 55.9 Å². The van der Waals surface area contributed by atoms with Gasteiger partial charge >= 0.3 is 36.4 Å². The lowest BCUT2D eigenvalue weighted by Gasteiger charge is -2.43. The predicted molar refractivity (Wildman–Crippen MR) is 298 cm³/mol. The van der Waals surface area contributed by atoms with Crippen LogP contribution in [0, 0.1) is 18.3 Å². The SMILES string of the molecule is CC1=C(C(=O)OCCO)C(c2ccc(C#N)cc2)N(CCCN2CCN(CCN3CCN(CCCN4C(=O)N(c5cccc(C(F)(F)F)c5)C(C)=C(C(=O)OCC[OH2+])C4c4ccc(C)cc4)CC3)CC2)C(=O)N1c1cccc(C(F)(F)F)c1. The molecule has 4 heterocycles. The van der Waals surface area contributed by atoms with E-state index in [1.807, 2.05) is 31.2 Å². The fraction of sp³-hybridized carbons (Fsp3) is 0.450. The van der Waals surface area contributed by atoms with Crippen LogP contribution < -0.4 is 9.80 Å². The van der Waals surface area contributed by atoms with Gasteiger partial charge in [0.2, 0.25) is 0 Å². The number of nitriles is 1. The number of aliphatic hydroxyl groups is 1. The molecule has 23 heteroatoms. The number of anilines is 2. The van der Waals surface area contributed by atoms with Gasteiger partial charge in [-0.2, -0.15) is 31.6 Å². The average Bonchev–Trinajstić information content (AvgIpc) is 2.00. The highest BCUT2D eigenvalue weighted by Gasteiger charge is 2.46. The zero-order chi connectivity index (χ0) is 59.6. The third-order valence-electron chi connectivity index (χ3n) is 15.6. The molecule has 444 valence electrons. The molecule has 4 aliphatic heterocycles. The second-order valence-corrected chi connectivity index (χ2v) is 21.0. The van der Waals surface area contributed by atoms with Gasteiger partial charge in [0, 0.05) is 89.9 Å². The van der Waals surface area contributed by atoms with Crippen molar-refractivity contribution in [3.05, 3.63) is 153 Å². The van der Waals surface area contributed by atoms with E-state index in [-0.39, 0.29) is 66.8 Å². The predicted octanol–water partition coefficient (Wildman–Crippen LogP) is 7.94. The van der Waals surface area contributed by atoms with Gasteiger partial charge in [0.25, 0.3) is 0 Å². The fourth-order valence-electron chi connectivity index (χ4n) is 11.2. The van der Waals surface area contributed by atoms with Crippen LogP contribution in [0.4, 0.5) is 47.3 Å². The largest absolute Gasteiger partial charge is 0.460 e. The lowest BCUT2D eigenvalue weighted by molar-refractivity contribution is -0.141. The molecule has 2 fully saturated rings. The monoisotopic (exact) mass is 1160 g/mol. The highest BCUT2D eigenvalue weighted by molar-refractivity contribution is 6.04. The number of alkyl halides is 6. The van der Waals surface area contributed by atoms with Crippen molar-refractivity contribution in [3.8, 4) is 6.07 Å². The van der Waals surface area contributed by atoms with E-state index in [2.05, 4.69) is 25.7 Å². The fourth-order valence-corrected chi connectivity index (χ4v) is 11.2. The topological polar surface area (TPSA) is 180 Å². The van der Waals surface area contributed by atoms with E-state index in [0.29, 0.717) is 42.6 Å². The lowest BCUT2D eigenvalue weighted by atomic mass is 9.92. The number of halogens is 6. The number of urea groups is 2. The Labute approximate surface area is 478 Å². The molecule has 8 rings (SSSR count). The summed E-state index contributed by atoms with van der Waals surface area (Å²) in [5, 5.41) is 26.7. The van der Waals surface area contributed by atoms with Crippen molar-refractivity contribution >= 4 is 35.4 Å². The average molecular weight is 1160 g/mol. The first-order valence-electron chi connectivity index (χ1n) is 27.8. The van der Waals surface area contributed by atoms with E-state index in [4.69, 9.17) is 14.6 Å². The Balaban J connectivity index is 0.860. The van der Waals surface area contributed by atoms with Crippen LogP contribution in [0.1, 0.15) is 72.2 Å². The van der Waals surface area contributed by atoms with Gasteiger partial charge in [-0.05, 0) is 106 Å². The summed E-state index contributed by atoms with van der Waals surface area (Å²) >= 11 is 0. The Morgan fingerprint density at radius 1 is 0.578 bits per heavy atom. The maximum Gasteiger partial charge on any atom is 0.416 e. The normalized spacial score (nSPS) is 19.2. The van der Waals surface area contributed by atoms with Crippen molar-refractivity contribution in [2.75, 3.05) is 128 Å². The van der Waals surface area contributed by atoms with Crippen molar-refractivity contribution < 1.29 is 65.2 Å². The first-order valence-corrected chi connectivity index (χ1v) is 27.8. The number of piperazine rings is 2. The maximum absolute atomic E-state index is 14.7. The number of ether oxygens (including phenoxy) is 2. The molecule has 0 spiro atoms. The minimum absolute atomic E-state index is 0.00731. The highest BCUT2D eigenvalue weighted by Crippen LogP contribution is 2.44. The summed E-state index contributed by atoms with van der Waals surface area (Å²) in [6, 6.07) is 21.5. The van der Waals surface area contributed by atoms with E-state index in [1.165, 1.54) is 47.9 Å². The van der Waals surface area contributed by atoms with Crippen LogP contribution in [0.3, 0.4) is 0 Å². The van der Waals surface area contributed by atoms with Gasteiger partial charge in [0.15, 0.2) is 13.2 Å². The number of rotatable bonds is 21. The Morgan fingerprint density at radius 2 is 0.964 bits per heavy atom. The van der Waals surface area contributed by atoms with Crippen LogP contribution in [0.15, 0.2) is 120 Å². The number of carbonyl (C=O) groups excluding carboxylic acids is 4. The van der Waals surface area contributed by atoms with Crippen LogP contribution >= 0.6 is 0 Å². The Morgan fingerprint density at radius 3 is 1.34 bits per heavy atom. The summed E-state index contributed by atoms with van der Waals surface area (Å²) in [6.45, 7) is 13.1. The van der Waals surface area contributed by atoms with Gasteiger partial charge < -0.3 is 39.3 Å². The first kappa shape index (κ1) is 61.7. The molecular weight excluding hydrogens is 1090 g/mol. The number of aryl methyl sites for hydroxylation is 1. The van der Waals surface area contributed by atoms with Crippen molar-refractivity contribution in [1.82, 2.24) is 29.4 Å². The van der Waals surface area contributed by atoms with E-state index in [1.54, 1.807) is 24.3 Å². The number of nitrogens with zero attached hydrogens (tertiary/aromatic N) is 9. The Kier molecular flexibility index (Phi) is 20.4. The van der Waals surface area contributed by atoms with Crippen molar-refractivity contribution in [1.29, 1.82) is 5.26 Å². The number of esters is 2. The number of amides is 4. The summed E-state index contributed by atoms with van der Waals surface area (Å²) < 4.78 is 94.7. The summed E-state index contributed by atoms with van der Waals surface area (Å²) in [4.78, 5) is 71.7. The Hall–Kier alpha value is -7.33. The van der Waals surface area contributed by atoms with E-state index < -0.39 is 66.2 Å². The third kappa shape index (κ3) is 14.7. The molecule has 3 N–H and O–H groups in total. The van der Waals surface area contributed by atoms with Gasteiger partial charge in [-0.1, -0.05) is 54.1 Å². The van der Waals surface area contributed by atoms with E-state index >= 15 is 0 Å². The van der Waals surface area contributed by atoms with Gasteiger partial charge in [-0.3, -0.25) is 19.6 Å². The number of benzene rings is 4. The molecule has 4 amide bonds. The van der Waals surface area contributed by atoms with Gasteiger partial charge in [-0.25, -0.2) is 19.2 Å². The van der Waals surface area contributed by atoms with Crippen LogP contribution in [0.2, 0.25) is 0 Å². The smallest absolute Gasteiger partial charge is 0.416 e. The third-order valence-corrected chi connectivity index (χ3v) is 15.6. The molecule has 4 aromatic rings. The summed E-state index contributed by atoms with van der Waals surface area (Å²) in [6.07, 6.45) is -8.42. The second-order valence-electron chi connectivity index (χ2n) is 21.0. The molecule has 4 aliphatic rings. The molecule has 0 aliphatic carbocycles. The number of carbonyl (C=O) groups is 4. The molecule has 2 atom stereocenters. The molecule has 83 heavy (non-hydrogen) atoms. The molecule has 4 aromatic carbocycles. The van der Waals surface area contributed by atoms with E-state index in [0.717, 1.165) is 105 Å². The molecule has 0 aromatic heterocycles. The molecule has 0 saturated carbocycles. The zero-order valence-corrected chi connectivity index (χ0v) is 46.7. The minimum Gasteiger partial charge on any atom is -0.460 e. The van der Waals surface area contributed by atoms with Crippen LogP contribution in [-0.4, -0.2) is 182 Å². The lowest BCUT2D eigenvalue weighted by Crippen LogP contribution is -2.53. The number of hydrogen-bond donors (Lipinski definition) is 1. The number of aliphatic hydroxyl groups excluding tert-OH is 1. The summed E-state index contributed by atoms with van der Waals surface area (Å²) in [5.41, 5.74) is 0.701. The van der Waals surface area contributed by atoms with Crippen molar-refractivity contribution in [2.24, 2.45) is 0 Å². The first-order chi connectivity index (χ1) is 39.7. The van der Waals surface area contributed by atoms with Gasteiger partial charge in [0.1, 0.15) is 6.61 Å². The van der Waals surface area contributed by atoms with Crippen molar-refractivity contribution in [2.45, 2.75) is 58.0 Å². The molecule has 0 bridgehead atoms. The summed E-state index contributed by atoms with van der Waals surface area (Å²) in [7, 11) is 0. The quantitative estimate of drug-likeness (QED) is 0.0485. The Bertz CT molecular complexity index is 3040. The van der Waals surface area contributed by atoms with Gasteiger partial charge in [-0.15, -0.1) is 0 Å². The van der Waals surface area contributed by atoms with Gasteiger partial charge in [0.05, 0.1) is 64.0 Å². The molecule has 0 radical (unpaired) electrons. The molecule has 17 nitrogen and oxygen atoms in total.